The third-order valence-corrected chi connectivity index (χ3v) is 12.8. The normalized spacial score (nSPS) is 31.0. The van der Waals surface area contributed by atoms with Crippen LogP contribution in [0.2, 0.25) is 0 Å². The van der Waals surface area contributed by atoms with E-state index in [1.165, 1.54) is 42.5 Å². The molecule has 17 N–H and O–H groups in total. The lowest BCUT2D eigenvalue weighted by Gasteiger charge is -2.46. The Morgan fingerprint density at radius 3 is 1.58 bits per heavy atom. The fourth-order valence-electron chi connectivity index (χ4n) is 8.49. The number of hydrogen-bond donors (Lipinski definition) is 16. The molecule has 16 unspecified atom stereocenters. The number of carbonyl (C=O) groups is 2. The van der Waals surface area contributed by atoms with Crippen LogP contribution in [-0.4, -0.2) is 210 Å². The van der Waals surface area contributed by atoms with E-state index in [0.717, 1.165) is 54.6 Å². The van der Waals surface area contributed by atoms with Crippen molar-refractivity contribution in [2.45, 2.75) is 98.2 Å². The van der Waals surface area contributed by atoms with Crippen LogP contribution in [0.3, 0.4) is 0 Å². The van der Waals surface area contributed by atoms with Crippen LogP contribution in [0.4, 0.5) is 0 Å². The Bertz CT molecular complexity index is 2890. The number of rotatable bonds is 16. The van der Waals surface area contributed by atoms with Crippen LogP contribution in [0.5, 0.6) is 51.7 Å². The molecule has 420 valence electrons. The maximum Gasteiger partial charge on any atom is 0.330 e. The van der Waals surface area contributed by atoms with Crippen molar-refractivity contribution in [3.63, 3.8) is 0 Å². The molecule has 0 amide bonds. The highest BCUT2D eigenvalue weighted by atomic mass is 16.8. The second-order valence-corrected chi connectivity index (χ2v) is 18.2. The predicted octanol–water partition coefficient (Wildman–Crippen LogP) is -1.69. The lowest BCUT2D eigenvalue weighted by atomic mass is 9.97. The van der Waals surface area contributed by atoms with E-state index in [1.807, 2.05) is 0 Å². The monoisotopic (exact) mass is 1100 g/mol. The number of phenolic OH excluding ortho intramolecular Hbond substituents is 7. The smallest absolute Gasteiger partial charge is 0.330 e. The summed E-state index contributed by atoms with van der Waals surface area (Å²) in [6.45, 7) is -2.44. The maximum atomic E-state index is 13.0. The topological polar surface area (TPSA) is 444 Å². The molecule has 27 nitrogen and oxygen atoms in total. The number of aromatic hydroxyl groups is 8. The fraction of sp³-hybridized carbons (Fsp3) is 0.373. The molecule has 0 radical (unpaired) electrons. The third-order valence-electron chi connectivity index (χ3n) is 12.8. The number of carbonyl (C=O) groups excluding carboxylic acids is 2. The number of aliphatic hydroxyl groups is 10. The number of fused-ring (bicyclic) bond motifs is 1. The third kappa shape index (κ3) is 12.6. The zero-order chi connectivity index (χ0) is 56.3. The van der Waals surface area contributed by atoms with Crippen molar-refractivity contribution >= 4 is 30.2 Å². The fourth-order valence-corrected chi connectivity index (χ4v) is 8.49. The molecule has 0 bridgehead atoms. The Morgan fingerprint density at radius 2 is 1.03 bits per heavy atom. The average Bonchev–Trinajstić information content (AvgIpc) is 3.48. The minimum Gasteiger partial charge on any atom is -0.571 e. The van der Waals surface area contributed by atoms with Crippen LogP contribution in [-0.2, 0) is 42.7 Å². The van der Waals surface area contributed by atoms with E-state index in [9.17, 15) is 91.3 Å². The molecular formula is C51H55O27+. The molecular weight excluding hydrogens is 1040 g/mol. The number of hydrogen-bond acceptors (Lipinski definition) is 26. The van der Waals surface area contributed by atoms with Gasteiger partial charge in [0.05, 0.1) is 18.2 Å². The molecule has 0 saturated carbocycles. The SMILES string of the molecule is O=C(C=Cc1ccc(O)c(O)c1)OCC1OC(OC2C(OC3=Cc4c(OC5OC(CO)C(O)C(O)C5O)cc(O)cc4[OH+]C3c3ccc(O)c(O)c3)OC(COC(=O)C=Cc3ccc(O)c(O)c3)C(O)C2O)C(O)C(O)C1O. The molecule has 4 aromatic rings. The number of esters is 2. The Morgan fingerprint density at radius 1 is 0.526 bits per heavy atom. The van der Waals surface area contributed by atoms with Crippen molar-refractivity contribution in [2.75, 3.05) is 19.8 Å². The number of phenols is 7. The van der Waals surface area contributed by atoms with Crippen molar-refractivity contribution in [1.82, 2.24) is 0 Å². The highest BCUT2D eigenvalue weighted by Gasteiger charge is 2.53. The number of aliphatic hydroxyl groups excluding tert-OH is 9. The predicted molar refractivity (Wildman–Crippen MR) is 257 cm³/mol. The van der Waals surface area contributed by atoms with Gasteiger partial charge in [-0.25, -0.2) is 9.59 Å². The summed E-state index contributed by atoms with van der Waals surface area (Å²) < 4.78 is 51.0. The zero-order valence-electron chi connectivity index (χ0n) is 40.3. The Kier molecular flexibility index (Phi) is 17.5. The second kappa shape index (κ2) is 24.0. The van der Waals surface area contributed by atoms with Gasteiger partial charge in [0.1, 0.15) is 97.4 Å². The molecule has 4 aromatic carbocycles. The summed E-state index contributed by atoms with van der Waals surface area (Å²) in [4.78, 5) is 25.7. The molecule has 16 atom stereocenters. The van der Waals surface area contributed by atoms with Gasteiger partial charge in [-0.1, -0.05) is 12.1 Å². The molecule has 4 heterocycles. The van der Waals surface area contributed by atoms with Crippen molar-refractivity contribution in [3.8, 4) is 51.7 Å². The molecule has 4 aliphatic heterocycles. The second-order valence-electron chi connectivity index (χ2n) is 18.2. The quantitative estimate of drug-likeness (QED) is 0.0258. The highest BCUT2D eigenvalue weighted by Crippen LogP contribution is 2.48. The summed E-state index contributed by atoms with van der Waals surface area (Å²) >= 11 is 0. The Labute approximate surface area is 439 Å². The van der Waals surface area contributed by atoms with Crippen molar-refractivity contribution in [3.05, 3.63) is 107 Å². The Hall–Kier alpha value is -7.48. The summed E-state index contributed by atoms with van der Waals surface area (Å²) in [5.41, 5.74) is 0.543. The van der Waals surface area contributed by atoms with E-state index in [1.54, 1.807) is 0 Å². The first-order valence-corrected chi connectivity index (χ1v) is 23.7. The zero-order valence-corrected chi connectivity index (χ0v) is 40.3. The number of ether oxygens (including phenoxy) is 9. The van der Waals surface area contributed by atoms with Crippen LogP contribution in [0.1, 0.15) is 28.4 Å². The molecule has 3 saturated heterocycles. The summed E-state index contributed by atoms with van der Waals surface area (Å²) in [6.07, 6.45) is -24.7. The van der Waals surface area contributed by atoms with Gasteiger partial charge in [0, 0.05) is 24.3 Å². The minimum atomic E-state index is -2.17. The summed E-state index contributed by atoms with van der Waals surface area (Å²) in [5.74, 6) is -6.25. The van der Waals surface area contributed by atoms with E-state index in [4.69, 9.17) is 37.9 Å². The molecule has 0 aliphatic carbocycles. The maximum absolute atomic E-state index is 13.0. The molecule has 0 spiro atoms. The molecule has 78 heavy (non-hydrogen) atoms. The molecule has 27 heteroatoms. The van der Waals surface area contributed by atoms with Gasteiger partial charge in [-0.2, -0.15) is 0 Å². The van der Waals surface area contributed by atoms with Crippen LogP contribution in [0.25, 0.3) is 18.2 Å². The first-order valence-electron chi connectivity index (χ1n) is 23.7. The van der Waals surface area contributed by atoms with Crippen molar-refractivity contribution in [1.29, 1.82) is 0 Å². The van der Waals surface area contributed by atoms with E-state index in [0.29, 0.717) is 0 Å². The van der Waals surface area contributed by atoms with Gasteiger partial charge in [0.15, 0.2) is 52.7 Å². The lowest BCUT2D eigenvalue weighted by molar-refractivity contribution is -0.364. The van der Waals surface area contributed by atoms with Gasteiger partial charge in [0.25, 0.3) is 11.9 Å². The van der Waals surface area contributed by atoms with Gasteiger partial charge in [-0.15, -0.1) is 0 Å². The summed E-state index contributed by atoms with van der Waals surface area (Å²) in [6, 6.07) is 13.0. The first-order chi connectivity index (χ1) is 37.1. The standard InChI is InChI=1S/C51H54O27/c52-17-34-39(62)42(65)45(68)49(75-34)73-32-15-23(53)14-31-24(32)16-33(47(72-31)22-5-8-27(56)30(59)13-22)74-51-48(44(67)41(64)36(77-51)19-71-38(61)10-4-21-2-7-26(55)29(58)12-21)78-50-46(69)43(66)40(63)35(76-50)18-70-37(60)9-3-20-1-6-25(54)28(57)11-20/h1-16,34-36,39-59,62-69H,17-19H2/p+1. The first kappa shape index (κ1) is 56.7. The van der Waals surface area contributed by atoms with Crippen LogP contribution in [0.15, 0.2) is 84.6 Å². The average molecular weight is 1100 g/mol. The van der Waals surface area contributed by atoms with Gasteiger partial charge in [-0.05, 0) is 65.7 Å². The van der Waals surface area contributed by atoms with E-state index < -0.39 is 170 Å². The minimum absolute atomic E-state index is 0.0660. The van der Waals surface area contributed by atoms with Gasteiger partial charge in [0.2, 0.25) is 12.6 Å². The van der Waals surface area contributed by atoms with Crippen LogP contribution < -0.4 is 4.74 Å². The number of benzene rings is 4. The van der Waals surface area contributed by atoms with Gasteiger partial charge >= 0.3 is 11.9 Å². The summed E-state index contributed by atoms with van der Waals surface area (Å²) in [5, 5.41) is 169. The van der Waals surface area contributed by atoms with Gasteiger partial charge in [-0.3, -0.25) is 0 Å². The van der Waals surface area contributed by atoms with E-state index >= 15 is 0 Å². The summed E-state index contributed by atoms with van der Waals surface area (Å²) in [7, 11) is 0. The van der Waals surface area contributed by atoms with Crippen molar-refractivity contribution < 1.29 is 134 Å². The molecule has 3 fully saturated rings. The Balaban J connectivity index is 1.11. The molecule has 8 rings (SSSR count). The van der Waals surface area contributed by atoms with Crippen molar-refractivity contribution in [2.24, 2.45) is 0 Å². The molecule has 4 aliphatic rings. The van der Waals surface area contributed by atoms with Crippen LogP contribution >= 0.6 is 0 Å². The largest absolute Gasteiger partial charge is 0.571 e. The van der Waals surface area contributed by atoms with E-state index in [-0.39, 0.29) is 39.5 Å². The molecule has 0 aromatic heterocycles. The highest BCUT2D eigenvalue weighted by molar-refractivity contribution is 5.87. The van der Waals surface area contributed by atoms with E-state index in [2.05, 4.69) is 4.74 Å². The lowest BCUT2D eigenvalue weighted by Crippen LogP contribution is -2.64. The van der Waals surface area contributed by atoms with Gasteiger partial charge < -0.3 is 124 Å². The van der Waals surface area contributed by atoms with Crippen LogP contribution in [0, 0.1) is 0 Å².